The van der Waals surface area contributed by atoms with Gasteiger partial charge < -0.3 is 9.47 Å². The Hall–Kier alpha value is -2.86. The smallest absolute Gasteiger partial charge is 0.317 e. The number of ether oxygens (including phenoxy) is 2. The Bertz CT molecular complexity index is 919. The van der Waals surface area contributed by atoms with Crippen LogP contribution < -0.4 is 10.2 Å². The number of carbonyl (C=O) groups excluding carboxylic acids is 2. The lowest BCUT2D eigenvalue weighted by atomic mass is 9.86. The summed E-state index contributed by atoms with van der Waals surface area (Å²) in [5.41, 5.74) is 1.78. The lowest BCUT2D eigenvalue weighted by Crippen LogP contribution is -2.42. The van der Waals surface area contributed by atoms with E-state index in [9.17, 15) is 9.59 Å². The molecule has 0 aromatic heterocycles. The van der Waals surface area contributed by atoms with E-state index in [4.69, 9.17) is 14.3 Å². The Labute approximate surface area is 183 Å². The minimum atomic E-state index is -1.05. The number of rotatable bonds is 8. The molecule has 0 radical (unpaired) electrons. The van der Waals surface area contributed by atoms with Gasteiger partial charge >= 0.3 is 5.97 Å². The molecular formula is C25H31NO5. The fourth-order valence-corrected chi connectivity index (χ4v) is 3.74. The van der Waals surface area contributed by atoms with Crippen molar-refractivity contribution in [2.75, 3.05) is 6.61 Å². The summed E-state index contributed by atoms with van der Waals surface area (Å²) in [5, 5.41) is 0. The predicted molar refractivity (Wildman–Crippen MR) is 117 cm³/mol. The van der Waals surface area contributed by atoms with Gasteiger partial charge in [-0.15, -0.1) is 0 Å². The first-order valence-corrected chi connectivity index (χ1v) is 10.6. The van der Waals surface area contributed by atoms with E-state index in [0.717, 1.165) is 11.1 Å². The van der Waals surface area contributed by atoms with Crippen molar-refractivity contribution in [1.29, 1.82) is 0 Å². The number of nitrogens with one attached hydrogen (secondary N) is 1. The molecule has 1 aliphatic carbocycles. The van der Waals surface area contributed by atoms with Gasteiger partial charge in [0.15, 0.2) is 0 Å². The molecule has 2 atom stereocenters. The average Bonchev–Trinajstić information content (AvgIpc) is 3.40. The lowest BCUT2D eigenvalue weighted by molar-refractivity contribution is -0.156. The van der Waals surface area contributed by atoms with Crippen molar-refractivity contribution in [3.8, 4) is 5.75 Å². The highest BCUT2D eigenvalue weighted by Crippen LogP contribution is 2.65. The molecule has 0 spiro atoms. The van der Waals surface area contributed by atoms with Crippen LogP contribution in [0, 0.1) is 5.41 Å². The summed E-state index contributed by atoms with van der Waals surface area (Å²) in [6, 6.07) is 17.2. The van der Waals surface area contributed by atoms with Crippen molar-refractivity contribution in [2.45, 2.75) is 58.7 Å². The van der Waals surface area contributed by atoms with Crippen molar-refractivity contribution in [2.24, 2.45) is 5.41 Å². The van der Waals surface area contributed by atoms with Gasteiger partial charge in [-0.1, -0.05) is 42.5 Å². The van der Waals surface area contributed by atoms with E-state index in [1.54, 1.807) is 13.8 Å². The van der Waals surface area contributed by atoms with Crippen molar-refractivity contribution in [1.82, 2.24) is 5.48 Å². The summed E-state index contributed by atoms with van der Waals surface area (Å²) in [7, 11) is 0. The van der Waals surface area contributed by atoms with Crippen molar-refractivity contribution in [3.05, 3.63) is 65.7 Å². The fourth-order valence-electron chi connectivity index (χ4n) is 3.74. The van der Waals surface area contributed by atoms with Gasteiger partial charge in [0.2, 0.25) is 0 Å². The number of hydroxylamine groups is 1. The second kappa shape index (κ2) is 8.71. The fraction of sp³-hybridized carbons (Fsp3) is 0.440. The summed E-state index contributed by atoms with van der Waals surface area (Å²) in [4.78, 5) is 31.3. The van der Waals surface area contributed by atoms with Crippen molar-refractivity contribution < 1.29 is 23.9 Å². The standard InChI is InChI=1S/C25H31NO5/c1-6-29-22(28)25(17-24(25,5)21(27)26-31-23(2,3)4)19-12-14-20(15-13-19)30-16-18-10-8-7-9-11-18/h7-15H,6,16-17H2,1-5H3,(H,26,27)/t24?,25-/m0/s1. The Balaban J connectivity index is 1.78. The maximum absolute atomic E-state index is 13.0. The van der Waals surface area contributed by atoms with Crippen LogP contribution in [0.2, 0.25) is 0 Å². The van der Waals surface area contributed by atoms with Crippen LogP contribution in [0.3, 0.4) is 0 Å². The number of benzene rings is 2. The maximum atomic E-state index is 13.0. The molecule has 0 bridgehead atoms. The largest absolute Gasteiger partial charge is 0.489 e. The minimum absolute atomic E-state index is 0.245. The lowest BCUT2D eigenvalue weighted by Gasteiger charge is -2.24. The molecule has 3 rings (SSSR count). The highest BCUT2D eigenvalue weighted by Gasteiger charge is 2.75. The van der Waals surface area contributed by atoms with Gasteiger partial charge in [0, 0.05) is 0 Å². The second-order valence-corrected chi connectivity index (χ2v) is 9.08. The molecule has 0 aliphatic heterocycles. The Kier molecular flexibility index (Phi) is 6.41. The third-order valence-electron chi connectivity index (χ3n) is 5.61. The molecule has 2 aromatic carbocycles. The predicted octanol–water partition coefficient (Wildman–Crippen LogP) is 4.32. The second-order valence-electron chi connectivity index (χ2n) is 9.08. The van der Waals surface area contributed by atoms with Gasteiger partial charge in [-0.05, 0) is 64.3 Å². The molecule has 2 aromatic rings. The molecule has 6 heteroatoms. The molecule has 0 saturated heterocycles. The first-order valence-electron chi connectivity index (χ1n) is 10.6. The normalized spacial score (nSPS) is 22.5. The highest BCUT2D eigenvalue weighted by molar-refractivity contribution is 6.01. The van der Waals surface area contributed by atoms with Crippen LogP contribution in [-0.2, 0) is 31.2 Å². The summed E-state index contributed by atoms with van der Waals surface area (Å²) < 4.78 is 11.2. The van der Waals surface area contributed by atoms with Crippen molar-refractivity contribution in [3.63, 3.8) is 0 Å². The first kappa shape index (κ1) is 22.8. The molecule has 166 valence electrons. The zero-order valence-electron chi connectivity index (χ0n) is 18.9. The van der Waals surface area contributed by atoms with Crippen LogP contribution in [-0.4, -0.2) is 24.1 Å². The third kappa shape index (κ3) is 4.74. The zero-order valence-corrected chi connectivity index (χ0v) is 18.9. The van der Waals surface area contributed by atoms with Gasteiger partial charge in [-0.25, -0.2) is 5.48 Å². The highest BCUT2D eigenvalue weighted by atomic mass is 16.7. The summed E-state index contributed by atoms with van der Waals surface area (Å²) >= 11 is 0. The third-order valence-corrected chi connectivity index (χ3v) is 5.61. The Morgan fingerprint density at radius 3 is 2.26 bits per heavy atom. The van der Waals surface area contributed by atoms with Crippen LogP contribution in [0.1, 0.15) is 52.2 Å². The molecule has 1 aliphatic rings. The quantitative estimate of drug-likeness (QED) is 0.504. The zero-order chi connectivity index (χ0) is 22.7. The number of amides is 1. The van der Waals surface area contributed by atoms with Gasteiger partial charge in [-0.3, -0.25) is 14.4 Å². The van der Waals surface area contributed by atoms with E-state index in [2.05, 4.69) is 5.48 Å². The minimum Gasteiger partial charge on any atom is -0.489 e. The Morgan fingerprint density at radius 1 is 1.03 bits per heavy atom. The van der Waals surface area contributed by atoms with E-state index in [1.165, 1.54) is 0 Å². The molecular weight excluding hydrogens is 394 g/mol. The number of hydrogen-bond donors (Lipinski definition) is 1. The average molecular weight is 426 g/mol. The Morgan fingerprint density at radius 2 is 1.68 bits per heavy atom. The molecule has 1 N–H and O–H groups in total. The van der Waals surface area contributed by atoms with Crippen LogP contribution in [0.5, 0.6) is 5.75 Å². The maximum Gasteiger partial charge on any atom is 0.317 e. The monoisotopic (exact) mass is 425 g/mol. The molecule has 1 unspecified atom stereocenters. The molecule has 1 amide bonds. The van der Waals surface area contributed by atoms with E-state index >= 15 is 0 Å². The van der Waals surface area contributed by atoms with Gasteiger partial charge in [-0.2, -0.15) is 0 Å². The van der Waals surface area contributed by atoms with Crippen LogP contribution in [0.4, 0.5) is 0 Å². The van der Waals surface area contributed by atoms with E-state index in [0.29, 0.717) is 18.8 Å². The van der Waals surface area contributed by atoms with Crippen LogP contribution in [0.15, 0.2) is 54.6 Å². The SMILES string of the molecule is CCOC(=O)[C@@]1(c2ccc(OCc3ccccc3)cc2)CC1(C)C(=O)NOC(C)(C)C. The number of carbonyl (C=O) groups is 2. The molecule has 31 heavy (non-hydrogen) atoms. The van der Waals surface area contributed by atoms with E-state index in [1.807, 2.05) is 75.4 Å². The molecule has 0 heterocycles. The topological polar surface area (TPSA) is 73.9 Å². The first-order chi connectivity index (χ1) is 14.6. The van der Waals surface area contributed by atoms with Crippen LogP contribution >= 0.6 is 0 Å². The number of esters is 1. The molecule has 6 nitrogen and oxygen atoms in total. The molecule has 1 fully saturated rings. The number of hydrogen-bond acceptors (Lipinski definition) is 5. The van der Waals surface area contributed by atoms with Crippen molar-refractivity contribution >= 4 is 11.9 Å². The summed E-state index contributed by atoms with van der Waals surface area (Å²) in [6.45, 7) is 9.75. The van der Waals surface area contributed by atoms with E-state index < -0.39 is 22.4 Å². The van der Waals surface area contributed by atoms with Gasteiger partial charge in [0.05, 0.1) is 17.6 Å². The van der Waals surface area contributed by atoms with Gasteiger partial charge in [0.25, 0.3) is 5.91 Å². The van der Waals surface area contributed by atoms with Gasteiger partial charge in [0.1, 0.15) is 17.8 Å². The van der Waals surface area contributed by atoms with Crippen LogP contribution in [0.25, 0.3) is 0 Å². The summed E-state index contributed by atoms with van der Waals surface area (Å²) in [5.74, 6) is -0.0456. The molecule has 1 saturated carbocycles. The summed E-state index contributed by atoms with van der Waals surface area (Å²) in [6.07, 6.45) is 0.350. The van der Waals surface area contributed by atoms with E-state index in [-0.39, 0.29) is 12.5 Å².